The fourth-order valence-electron chi connectivity index (χ4n) is 2.68. The molecule has 0 spiro atoms. The molecule has 0 amide bonds. The molecule has 6 atom stereocenters. The highest BCUT2D eigenvalue weighted by Gasteiger charge is 2.46. The van der Waals surface area contributed by atoms with Crippen molar-refractivity contribution < 1.29 is 34.7 Å². The van der Waals surface area contributed by atoms with Gasteiger partial charge in [0.1, 0.15) is 6.29 Å². The number of ether oxygens (including phenoxy) is 2. The van der Waals surface area contributed by atoms with Gasteiger partial charge in [-0.15, -0.1) is 0 Å². The monoisotopic (exact) mass is 292 g/mol. The molecule has 0 aromatic heterocycles. The van der Waals surface area contributed by atoms with Crippen LogP contribution >= 0.6 is 0 Å². The summed E-state index contributed by atoms with van der Waals surface area (Å²) in [6.07, 6.45) is -1.93. The topological polar surface area (TPSA) is 116 Å². The highest BCUT2D eigenvalue weighted by Crippen LogP contribution is 2.38. The Hall–Kier alpha value is -0.570. The van der Waals surface area contributed by atoms with E-state index in [2.05, 4.69) is 0 Å². The SMILES string of the molecule is CO[C@H](OCCC(O)CO)[C@H]1[C@@H](CC=O)[C@@H](O)C[C@H]1O. The van der Waals surface area contributed by atoms with Crippen LogP contribution in [0.3, 0.4) is 0 Å². The third kappa shape index (κ3) is 4.47. The van der Waals surface area contributed by atoms with Gasteiger partial charge in [-0.2, -0.15) is 0 Å². The maximum absolute atomic E-state index is 10.7. The van der Waals surface area contributed by atoms with Crippen molar-refractivity contribution >= 4 is 6.29 Å². The molecule has 20 heavy (non-hydrogen) atoms. The maximum atomic E-state index is 10.7. The van der Waals surface area contributed by atoms with Crippen molar-refractivity contribution in [1.82, 2.24) is 0 Å². The van der Waals surface area contributed by atoms with Crippen LogP contribution in [-0.2, 0) is 14.3 Å². The molecule has 1 rings (SSSR count). The summed E-state index contributed by atoms with van der Waals surface area (Å²) in [5.41, 5.74) is 0. The molecule has 0 saturated heterocycles. The Kier molecular flexibility index (Phi) is 7.57. The van der Waals surface area contributed by atoms with Crippen LogP contribution in [0, 0.1) is 11.8 Å². The molecule has 0 bridgehead atoms. The zero-order chi connectivity index (χ0) is 15.1. The smallest absolute Gasteiger partial charge is 0.162 e. The van der Waals surface area contributed by atoms with Gasteiger partial charge >= 0.3 is 0 Å². The van der Waals surface area contributed by atoms with E-state index in [9.17, 15) is 20.1 Å². The molecule has 1 fully saturated rings. The molecule has 0 heterocycles. The van der Waals surface area contributed by atoms with Crippen LogP contribution in [0.4, 0.5) is 0 Å². The van der Waals surface area contributed by atoms with E-state index in [4.69, 9.17) is 14.6 Å². The molecule has 0 aliphatic heterocycles. The Morgan fingerprint density at radius 2 is 2.05 bits per heavy atom. The first-order valence-corrected chi connectivity index (χ1v) is 6.78. The average Bonchev–Trinajstić information content (AvgIpc) is 2.70. The summed E-state index contributed by atoms with van der Waals surface area (Å²) in [6.45, 7) is -0.201. The van der Waals surface area contributed by atoms with Crippen LogP contribution < -0.4 is 0 Å². The summed E-state index contributed by atoms with van der Waals surface area (Å²) in [5.74, 6) is -0.901. The largest absolute Gasteiger partial charge is 0.394 e. The molecule has 1 aliphatic rings. The van der Waals surface area contributed by atoms with Crippen molar-refractivity contribution in [2.45, 2.75) is 43.9 Å². The van der Waals surface area contributed by atoms with Gasteiger partial charge in [-0.05, 0) is 12.8 Å². The first-order valence-electron chi connectivity index (χ1n) is 6.78. The van der Waals surface area contributed by atoms with E-state index in [0.717, 1.165) is 0 Å². The van der Waals surface area contributed by atoms with Gasteiger partial charge in [0.15, 0.2) is 6.29 Å². The number of carbonyl (C=O) groups excluding carboxylic acids is 1. The number of rotatable bonds is 9. The highest BCUT2D eigenvalue weighted by atomic mass is 16.7. The molecule has 1 saturated carbocycles. The molecule has 7 nitrogen and oxygen atoms in total. The van der Waals surface area contributed by atoms with E-state index in [-0.39, 0.29) is 32.5 Å². The van der Waals surface area contributed by atoms with Crippen LogP contribution in [0.15, 0.2) is 0 Å². The van der Waals surface area contributed by atoms with Gasteiger partial charge < -0.3 is 34.7 Å². The minimum absolute atomic E-state index is 0.130. The fraction of sp³-hybridized carbons (Fsp3) is 0.923. The highest BCUT2D eigenvalue weighted by molar-refractivity contribution is 5.50. The minimum Gasteiger partial charge on any atom is -0.394 e. The number of hydrogen-bond acceptors (Lipinski definition) is 7. The van der Waals surface area contributed by atoms with Gasteiger partial charge in [0.2, 0.25) is 0 Å². The Balaban J connectivity index is 2.59. The van der Waals surface area contributed by atoms with Crippen LogP contribution in [-0.4, -0.2) is 71.6 Å². The normalized spacial score (nSPS) is 33.0. The van der Waals surface area contributed by atoms with E-state index < -0.39 is 36.4 Å². The van der Waals surface area contributed by atoms with Crippen LogP contribution in [0.1, 0.15) is 19.3 Å². The van der Waals surface area contributed by atoms with Crippen molar-refractivity contribution in [1.29, 1.82) is 0 Å². The Labute approximate surface area is 118 Å². The number of carbonyl (C=O) groups is 1. The van der Waals surface area contributed by atoms with E-state index in [1.807, 2.05) is 0 Å². The number of aldehydes is 1. The summed E-state index contributed by atoms with van der Waals surface area (Å²) < 4.78 is 10.7. The number of methoxy groups -OCH3 is 1. The van der Waals surface area contributed by atoms with Gasteiger partial charge in [0, 0.05) is 25.4 Å². The molecule has 0 aromatic carbocycles. The molecule has 4 N–H and O–H groups in total. The second-order valence-electron chi connectivity index (χ2n) is 5.11. The van der Waals surface area contributed by atoms with Gasteiger partial charge in [-0.3, -0.25) is 0 Å². The van der Waals surface area contributed by atoms with Gasteiger partial charge in [0.25, 0.3) is 0 Å². The van der Waals surface area contributed by atoms with Crippen molar-refractivity contribution in [2.24, 2.45) is 11.8 Å². The summed E-state index contributed by atoms with van der Waals surface area (Å²) >= 11 is 0. The van der Waals surface area contributed by atoms with E-state index in [1.54, 1.807) is 0 Å². The standard InChI is InChI=1S/C13H24O7/c1-19-13(20-5-3-8(16)7-15)12-9(2-4-14)10(17)6-11(12)18/h4,8-13,15-18H,2-3,5-7H2,1H3/t8?,9-,10-,11+,12-,13+/m0/s1. The summed E-state index contributed by atoms with van der Waals surface area (Å²) in [5, 5.41) is 37.8. The van der Waals surface area contributed by atoms with E-state index in [0.29, 0.717) is 6.29 Å². The van der Waals surface area contributed by atoms with Crippen molar-refractivity contribution in [3.63, 3.8) is 0 Å². The third-order valence-electron chi connectivity index (χ3n) is 3.77. The van der Waals surface area contributed by atoms with Crippen LogP contribution in [0.5, 0.6) is 0 Å². The predicted molar refractivity (Wildman–Crippen MR) is 68.8 cm³/mol. The van der Waals surface area contributed by atoms with Crippen LogP contribution in [0.2, 0.25) is 0 Å². The lowest BCUT2D eigenvalue weighted by molar-refractivity contribution is -0.185. The first-order chi connectivity index (χ1) is 9.54. The lowest BCUT2D eigenvalue weighted by Crippen LogP contribution is -2.37. The minimum atomic E-state index is -0.864. The molecular formula is C13H24O7. The maximum Gasteiger partial charge on any atom is 0.162 e. The van der Waals surface area contributed by atoms with Gasteiger partial charge in [-0.25, -0.2) is 0 Å². The van der Waals surface area contributed by atoms with Crippen molar-refractivity contribution in [3.05, 3.63) is 0 Å². The molecule has 1 aliphatic carbocycles. The quantitative estimate of drug-likeness (QED) is 0.307. The number of hydrogen-bond donors (Lipinski definition) is 4. The summed E-state index contributed by atoms with van der Waals surface area (Å²) in [6, 6.07) is 0. The zero-order valence-electron chi connectivity index (χ0n) is 11.6. The Morgan fingerprint density at radius 1 is 1.35 bits per heavy atom. The molecule has 0 radical (unpaired) electrons. The molecule has 118 valence electrons. The molecule has 1 unspecified atom stereocenters. The van der Waals surface area contributed by atoms with Crippen molar-refractivity contribution in [2.75, 3.05) is 20.3 Å². The zero-order valence-corrected chi connectivity index (χ0v) is 11.6. The second kappa shape index (κ2) is 8.66. The fourth-order valence-corrected chi connectivity index (χ4v) is 2.68. The lowest BCUT2D eigenvalue weighted by Gasteiger charge is -2.29. The Morgan fingerprint density at radius 3 is 2.60 bits per heavy atom. The summed E-state index contributed by atoms with van der Waals surface area (Å²) in [4.78, 5) is 10.7. The molecule has 0 aromatic rings. The first kappa shape index (κ1) is 17.5. The Bertz CT molecular complexity index is 286. The van der Waals surface area contributed by atoms with E-state index in [1.165, 1.54) is 7.11 Å². The average molecular weight is 292 g/mol. The van der Waals surface area contributed by atoms with Crippen molar-refractivity contribution in [3.8, 4) is 0 Å². The predicted octanol–water partition coefficient (Wildman–Crippen LogP) is -1.33. The molecular weight excluding hydrogens is 268 g/mol. The number of aliphatic hydroxyl groups is 4. The van der Waals surface area contributed by atoms with Gasteiger partial charge in [-0.1, -0.05) is 0 Å². The van der Waals surface area contributed by atoms with E-state index >= 15 is 0 Å². The lowest BCUT2D eigenvalue weighted by atomic mass is 9.90. The second-order valence-corrected chi connectivity index (χ2v) is 5.11. The summed E-state index contributed by atoms with van der Waals surface area (Å²) in [7, 11) is 1.42. The number of aliphatic hydroxyl groups excluding tert-OH is 4. The van der Waals surface area contributed by atoms with Crippen LogP contribution in [0.25, 0.3) is 0 Å². The third-order valence-corrected chi connectivity index (χ3v) is 3.77. The van der Waals surface area contributed by atoms with Gasteiger partial charge in [0.05, 0.1) is 31.5 Å². The molecule has 7 heteroatoms.